The number of benzene rings is 2. The molecule has 0 saturated carbocycles. The van der Waals surface area contributed by atoms with Gasteiger partial charge in [0.15, 0.2) is 23.0 Å². The molecule has 1 N–H and O–H groups in total. The summed E-state index contributed by atoms with van der Waals surface area (Å²) >= 11 is 0. The fraction of sp³-hybridized carbons (Fsp3) is 0.167. The number of halogens is 6. The predicted octanol–water partition coefficient (Wildman–Crippen LogP) is 4.02. The Morgan fingerprint density at radius 1 is 1.03 bits per heavy atom. The van der Waals surface area contributed by atoms with Crippen molar-refractivity contribution in [3.8, 4) is 5.69 Å². The van der Waals surface area contributed by atoms with Crippen LogP contribution in [-0.2, 0) is 6.18 Å². The van der Waals surface area contributed by atoms with E-state index in [9.17, 15) is 31.1 Å². The molecule has 0 bridgehead atoms. The van der Waals surface area contributed by atoms with Crippen LogP contribution in [0.25, 0.3) is 5.69 Å². The lowest BCUT2D eigenvalue weighted by Crippen LogP contribution is -2.21. The van der Waals surface area contributed by atoms with E-state index in [1.165, 1.54) is 14.1 Å². The highest BCUT2D eigenvalue weighted by molar-refractivity contribution is 6.03. The van der Waals surface area contributed by atoms with Gasteiger partial charge in [0, 0.05) is 19.8 Å². The van der Waals surface area contributed by atoms with Crippen molar-refractivity contribution in [3.63, 3.8) is 0 Å². The van der Waals surface area contributed by atoms with Crippen LogP contribution in [0.1, 0.15) is 16.2 Å². The fourth-order valence-electron chi connectivity index (χ4n) is 2.71. The highest BCUT2D eigenvalue weighted by atomic mass is 19.4. The lowest BCUT2D eigenvalue weighted by atomic mass is 10.2. The van der Waals surface area contributed by atoms with Gasteiger partial charge in [-0.05, 0) is 36.4 Å². The summed E-state index contributed by atoms with van der Waals surface area (Å²) in [6.45, 7) is 0. The third kappa shape index (κ3) is 4.07. The van der Waals surface area contributed by atoms with Gasteiger partial charge >= 0.3 is 6.18 Å². The lowest BCUT2D eigenvalue weighted by molar-refractivity contribution is -0.143. The molecule has 1 heterocycles. The third-order valence-corrected chi connectivity index (χ3v) is 3.95. The number of carbonyl (C=O) groups is 1. The zero-order valence-corrected chi connectivity index (χ0v) is 15.4. The van der Waals surface area contributed by atoms with E-state index < -0.39 is 46.6 Å². The highest BCUT2D eigenvalue weighted by Gasteiger charge is 2.42. The number of nitrogens with zero attached hydrogens (tertiary/aromatic N) is 4. The van der Waals surface area contributed by atoms with Gasteiger partial charge in [0.2, 0.25) is 0 Å². The van der Waals surface area contributed by atoms with Gasteiger partial charge in [0.25, 0.3) is 5.91 Å². The molecular weight excluding hydrogens is 416 g/mol. The molecule has 3 rings (SSSR count). The van der Waals surface area contributed by atoms with Gasteiger partial charge in [-0.1, -0.05) is 5.21 Å². The van der Waals surface area contributed by atoms with Crippen molar-refractivity contribution in [2.24, 2.45) is 0 Å². The second-order valence-corrected chi connectivity index (χ2v) is 6.31. The van der Waals surface area contributed by atoms with Crippen LogP contribution >= 0.6 is 0 Å². The maximum Gasteiger partial charge on any atom is 0.435 e. The summed E-state index contributed by atoms with van der Waals surface area (Å²) in [6, 6.07) is 5.38. The molecule has 2 aromatic carbocycles. The summed E-state index contributed by atoms with van der Waals surface area (Å²) in [5.74, 6) is -4.12. The molecule has 1 aromatic heterocycles. The molecule has 0 fully saturated rings. The minimum Gasteiger partial charge on any atom is -0.373 e. The average molecular weight is 429 g/mol. The van der Waals surface area contributed by atoms with E-state index in [1.54, 1.807) is 0 Å². The van der Waals surface area contributed by atoms with Crippen LogP contribution < -0.4 is 10.2 Å². The van der Waals surface area contributed by atoms with Crippen molar-refractivity contribution >= 4 is 17.3 Å². The molecule has 0 atom stereocenters. The second-order valence-electron chi connectivity index (χ2n) is 6.31. The Kier molecular flexibility index (Phi) is 5.42. The largest absolute Gasteiger partial charge is 0.435 e. The van der Waals surface area contributed by atoms with Gasteiger partial charge < -0.3 is 10.2 Å². The molecule has 158 valence electrons. The Hall–Kier alpha value is -3.57. The topological polar surface area (TPSA) is 63.1 Å². The molecule has 0 aliphatic heterocycles. The Morgan fingerprint density at radius 3 is 2.10 bits per heavy atom. The van der Waals surface area contributed by atoms with Gasteiger partial charge in [-0.2, -0.15) is 13.2 Å². The van der Waals surface area contributed by atoms with Gasteiger partial charge in [0.1, 0.15) is 11.5 Å². The van der Waals surface area contributed by atoms with E-state index in [4.69, 9.17) is 0 Å². The van der Waals surface area contributed by atoms with Gasteiger partial charge in [-0.25, -0.2) is 17.9 Å². The number of anilines is 2. The molecule has 30 heavy (non-hydrogen) atoms. The van der Waals surface area contributed by atoms with Crippen LogP contribution in [0, 0.1) is 17.5 Å². The summed E-state index contributed by atoms with van der Waals surface area (Å²) in [7, 11) is 2.78. The maximum atomic E-state index is 14.1. The Bertz CT molecular complexity index is 1070. The second kappa shape index (κ2) is 7.69. The lowest BCUT2D eigenvalue weighted by Gasteiger charge is -2.16. The molecular formula is C18H13F6N5O. The molecule has 0 aliphatic carbocycles. The molecule has 0 saturated heterocycles. The van der Waals surface area contributed by atoms with Crippen molar-refractivity contribution in [3.05, 3.63) is 65.2 Å². The number of nitrogens with one attached hydrogen (secondary N) is 1. The van der Waals surface area contributed by atoms with E-state index in [-0.39, 0.29) is 11.4 Å². The standard InChI is InChI=1S/C18H13F6N5O/c1-28(2)15-12(20)7-10(8-13(15)21)25-17(30)14-16(18(22,23)24)29(27-26-14)11-5-3-9(19)4-6-11/h3-8H,1-2H3,(H,25,30). The highest BCUT2D eigenvalue weighted by Crippen LogP contribution is 2.33. The predicted molar refractivity (Wildman–Crippen MR) is 95.0 cm³/mol. The van der Waals surface area contributed by atoms with Gasteiger partial charge in [-0.3, -0.25) is 4.79 Å². The number of carbonyl (C=O) groups excluding carboxylic acids is 1. The summed E-state index contributed by atoms with van der Waals surface area (Å²) < 4.78 is 82.3. The smallest absolute Gasteiger partial charge is 0.373 e. The number of hydrogen-bond donors (Lipinski definition) is 1. The minimum absolute atomic E-state index is 0.192. The molecule has 12 heteroatoms. The van der Waals surface area contributed by atoms with Crippen molar-refractivity contribution in [2.45, 2.75) is 6.18 Å². The number of rotatable bonds is 4. The van der Waals surface area contributed by atoms with Gasteiger partial charge in [0.05, 0.1) is 5.69 Å². The van der Waals surface area contributed by atoms with Crippen LogP contribution in [0.3, 0.4) is 0 Å². The van der Waals surface area contributed by atoms with Crippen molar-refractivity contribution in [1.29, 1.82) is 0 Å². The third-order valence-electron chi connectivity index (χ3n) is 3.95. The zero-order chi connectivity index (χ0) is 22.2. The quantitative estimate of drug-likeness (QED) is 0.637. The monoisotopic (exact) mass is 429 g/mol. The van der Waals surface area contributed by atoms with Crippen molar-refractivity contribution in [2.75, 3.05) is 24.3 Å². The van der Waals surface area contributed by atoms with Crippen LogP contribution in [0.4, 0.5) is 37.7 Å². The Morgan fingerprint density at radius 2 is 1.60 bits per heavy atom. The van der Waals surface area contributed by atoms with Crippen LogP contribution in [-0.4, -0.2) is 35.0 Å². The first-order valence-electron chi connectivity index (χ1n) is 8.25. The van der Waals surface area contributed by atoms with Gasteiger partial charge in [-0.15, -0.1) is 5.10 Å². The first-order chi connectivity index (χ1) is 14.0. The molecule has 3 aromatic rings. The van der Waals surface area contributed by atoms with Crippen LogP contribution in [0.2, 0.25) is 0 Å². The average Bonchev–Trinajstić information content (AvgIpc) is 3.07. The number of alkyl halides is 3. The molecule has 0 radical (unpaired) electrons. The molecule has 0 unspecified atom stereocenters. The Balaban J connectivity index is 2.00. The summed E-state index contributed by atoms with van der Waals surface area (Å²) in [5.41, 5.74) is -3.64. The Labute approximate surface area is 165 Å². The molecule has 1 amide bonds. The SMILES string of the molecule is CN(C)c1c(F)cc(NC(=O)c2nnn(-c3ccc(F)cc3)c2C(F)(F)F)cc1F. The summed E-state index contributed by atoms with van der Waals surface area (Å²) in [6.07, 6.45) is -5.06. The molecule has 6 nitrogen and oxygen atoms in total. The minimum atomic E-state index is -5.06. The van der Waals surface area contributed by atoms with E-state index >= 15 is 0 Å². The first-order valence-corrected chi connectivity index (χ1v) is 8.25. The molecule has 0 spiro atoms. The summed E-state index contributed by atoms with van der Waals surface area (Å²) in [5, 5.41) is 8.56. The van der Waals surface area contributed by atoms with E-state index in [2.05, 4.69) is 10.3 Å². The molecule has 0 aliphatic rings. The maximum absolute atomic E-state index is 14.1. The van der Waals surface area contributed by atoms with E-state index in [0.29, 0.717) is 4.68 Å². The normalized spacial score (nSPS) is 11.5. The van der Waals surface area contributed by atoms with Crippen LogP contribution in [0.15, 0.2) is 36.4 Å². The number of hydrogen-bond acceptors (Lipinski definition) is 4. The summed E-state index contributed by atoms with van der Waals surface area (Å²) in [4.78, 5) is 13.5. The van der Waals surface area contributed by atoms with E-state index in [1.807, 2.05) is 5.32 Å². The number of amides is 1. The van der Waals surface area contributed by atoms with Crippen molar-refractivity contribution < 1.29 is 31.1 Å². The number of aromatic nitrogens is 3. The fourth-order valence-corrected chi connectivity index (χ4v) is 2.71. The first kappa shape index (κ1) is 21.1. The zero-order valence-electron chi connectivity index (χ0n) is 15.4. The van der Waals surface area contributed by atoms with E-state index in [0.717, 1.165) is 41.3 Å². The van der Waals surface area contributed by atoms with Crippen LogP contribution in [0.5, 0.6) is 0 Å². The van der Waals surface area contributed by atoms with Crippen molar-refractivity contribution in [1.82, 2.24) is 15.0 Å².